The van der Waals surface area contributed by atoms with E-state index >= 15 is 0 Å². The van der Waals surface area contributed by atoms with Crippen molar-refractivity contribution in [1.29, 1.82) is 0 Å². The molecule has 4 heteroatoms. The van der Waals surface area contributed by atoms with Gasteiger partial charge in [-0.1, -0.05) is 95.9 Å². The molecule has 0 aliphatic heterocycles. The summed E-state index contributed by atoms with van der Waals surface area (Å²) in [7, 11) is 0. The van der Waals surface area contributed by atoms with Crippen LogP contribution in [0.15, 0.2) is 48.5 Å². The van der Waals surface area contributed by atoms with E-state index in [4.69, 9.17) is 9.47 Å². The van der Waals surface area contributed by atoms with Crippen molar-refractivity contribution in [3.63, 3.8) is 0 Å². The Labute approximate surface area is 279 Å². The number of esters is 2. The third kappa shape index (κ3) is 9.94. The molecule has 0 spiro atoms. The molecule has 0 heterocycles. The van der Waals surface area contributed by atoms with E-state index < -0.39 is 6.10 Å². The number of ether oxygens (including phenoxy) is 2. The van der Waals surface area contributed by atoms with Gasteiger partial charge in [-0.25, -0.2) is 9.59 Å². The molecule has 46 heavy (non-hydrogen) atoms. The van der Waals surface area contributed by atoms with Crippen molar-refractivity contribution < 1.29 is 19.1 Å². The van der Waals surface area contributed by atoms with Gasteiger partial charge in [-0.15, -0.1) is 0 Å². The Hall–Kier alpha value is -2.62. The van der Waals surface area contributed by atoms with Gasteiger partial charge in [-0.05, 0) is 129 Å². The number of benzene rings is 2. The molecule has 3 fully saturated rings. The van der Waals surface area contributed by atoms with Crippen LogP contribution in [0.1, 0.15) is 180 Å². The Morgan fingerprint density at radius 1 is 0.609 bits per heavy atom. The molecule has 3 aliphatic carbocycles. The van der Waals surface area contributed by atoms with Crippen LogP contribution >= 0.6 is 0 Å². The van der Waals surface area contributed by atoms with Crippen molar-refractivity contribution >= 4 is 11.9 Å². The molecule has 0 amide bonds. The average molecular weight is 629 g/mol. The zero-order chi connectivity index (χ0) is 32.1. The molecule has 4 nitrogen and oxygen atoms in total. The number of hydrogen-bond acceptors (Lipinski definition) is 4. The first kappa shape index (κ1) is 34.7. The van der Waals surface area contributed by atoms with Crippen molar-refractivity contribution in [3.05, 3.63) is 70.8 Å². The fourth-order valence-corrected chi connectivity index (χ4v) is 8.56. The first-order valence-electron chi connectivity index (χ1n) is 19.1. The molecule has 0 bridgehead atoms. The maximum atomic E-state index is 13.3. The van der Waals surface area contributed by atoms with E-state index in [2.05, 4.69) is 38.1 Å². The van der Waals surface area contributed by atoms with Crippen molar-refractivity contribution in [2.24, 2.45) is 17.8 Å². The second-order valence-corrected chi connectivity index (χ2v) is 14.9. The first-order chi connectivity index (χ1) is 22.5. The Morgan fingerprint density at radius 3 is 1.52 bits per heavy atom. The average Bonchev–Trinajstić information content (AvgIpc) is 3.12. The molecule has 0 saturated heterocycles. The SMILES string of the molecule is CCCCC1CCC(c2ccc(C(=O)OCC(OC(=O)c3ccc(C4CCC(CCCC)CC4)cc3)C3CCCCC3)cc2)CC1. The van der Waals surface area contributed by atoms with E-state index in [1.807, 2.05) is 24.3 Å². The zero-order valence-corrected chi connectivity index (χ0v) is 28.9. The quantitative estimate of drug-likeness (QED) is 0.195. The molecule has 1 unspecified atom stereocenters. The van der Waals surface area contributed by atoms with Gasteiger partial charge in [0.1, 0.15) is 12.7 Å². The maximum absolute atomic E-state index is 13.3. The smallest absolute Gasteiger partial charge is 0.338 e. The lowest BCUT2D eigenvalue weighted by Gasteiger charge is -2.30. The van der Waals surface area contributed by atoms with Gasteiger partial charge in [0.05, 0.1) is 11.1 Å². The summed E-state index contributed by atoms with van der Waals surface area (Å²) >= 11 is 0. The number of unbranched alkanes of at least 4 members (excludes halogenated alkanes) is 2. The molecule has 3 saturated carbocycles. The second-order valence-electron chi connectivity index (χ2n) is 14.9. The van der Waals surface area contributed by atoms with Crippen LogP contribution in [0, 0.1) is 17.8 Å². The molecule has 0 N–H and O–H groups in total. The van der Waals surface area contributed by atoms with E-state index in [0.717, 1.165) is 37.5 Å². The fraction of sp³-hybridized carbons (Fsp3) is 0.667. The summed E-state index contributed by atoms with van der Waals surface area (Å²) in [6, 6.07) is 16.2. The van der Waals surface area contributed by atoms with Gasteiger partial charge in [-0.3, -0.25) is 0 Å². The normalized spacial score (nSPS) is 24.7. The molecule has 2 aromatic carbocycles. The first-order valence-corrected chi connectivity index (χ1v) is 19.1. The lowest BCUT2D eigenvalue weighted by molar-refractivity contribution is -0.0247. The van der Waals surface area contributed by atoms with Crippen molar-refractivity contribution in [2.45, 2.75) is 154 Å². The third-order valence-corrected chi connectivity index (χ3v) is 11.7. The summed E-state index contributed by atoms with van der Waals surface area (Å²) in [4.78, 5) is 26.5. The van der Waals surface area contributed by atoms with Crippen LogP contribution in [0.5, 0.6) is 0 Å². The summed E-state index contributed by atoms with van der Waals surface area (Å²) in [6.07, 6.45) is 23.3. The molecule has 252 valence electrons. The molecule has 5 rings (SSSR count). The summed E-state index contributed by atoms with van der Waals surface area (Å²) in [6.45, 7) is 4.67. The van der Waals surface area contributed by atoms with Crippen LogP contribution in [-0.4, -0.2) is 24.6 Å². The van der Waals surface area contributed by atoms with Gasteiger partial charge in [0.15, 0.2) is 0 Å². The molecule has 2 aromatic rings. The fourth-order valence-electron chi connectivity index (χ4n) is 8.56. The third-order valence-electron chi connectivity index (χ3n) is 11.7. The topological polar surface area (TPSA) is 52.6 Å². The van der Waals surface area contributed by atoms with Crippen molar-refractivity contribution in [2.75, 3.05) is 6.61 Å². The van der Waals surface area contributed by atoms with Crippen LogP contribution < -0.4 is 0 Å². The Morgan fingerprint density at radius 2 is 1.07 bits per heavy atom. The summed E-state index contributed by atoms with van der Waals surface area (Å²) in [5.41, 5.74) is 3.84. The Balaban J connectivity index is 1.13. The van der Waals surface area contributed by atoms with Crippen LogP contribution in [0.2, 0.25) is 0 Å². The van der Waals surface area contributed by atoms with E-state index in [9.17, 15) is 9.59 Å². The van der Waals surface area contributed by atoms with Crippen molar-refractivity contribution in [3.8, 4) is 0 Å². The molecule has 0 radical (unpaired) electrons. The summed E-state index contributed by atoms with van der Waals surface area (Å²) in [5.74, 6) is 2.55. The van der Waals surface area contributed by atoms with E-state index in [1.54, 1.807) is 0 Å². The number of carbonyl (C=O) groups is 2. The molecule has 0 aromatic heterocycles. The highest BCUT2D eigenvalue weighted by molar-refractivity contribution is 5.90. The maximum Gasteiger partial charge on any atom is 0.338 e. The Kier molecular flexibility index (Phi) is 13.6. The van der Waals surface area contributed by atoms with E-state index in [0.29, 0.717) is 23.0 Å². The van der Waals surface area contributed by atoms with E-state index in [1.165, 1.54) is 107 Å². The van der Waals surface area contributed by atoms with Crippen LogP contribution in [-0.2, 0) is 9.47 Å². The Bertz CT molecular complexity index is 1180. The van der Waals surface area contributed by atoms with Gasteiger partial charge in [0.25, 0.3) is 0 Å². The highest BCUT2D eigenvalue weighted by Gasteiger charge is 2.30. The zero-order valence-electron chi connectivity index (χ0n) is 28.9. The van der Waals surface area contributed by atoms with Gasteiger partial charge < -0.3 is 9.47 Å². The standard InChI is InChI=1S/C42H60O4/c1-3-5-10-31-14-18-33(19-15-31)35-22-26-38(27-23-35)41(43)45-30-40(37-12-8-7-9-13-37)46-42(44)39-28-24-36(25-29-39)34-20-16-32(17-21-34)11-6-4-2/h22-29,31-34,37,40H,3-21,30H2,1-2H3. The predicted molar refractivity (Wildman–Crippen MR) is 187 cm³/mol. The lowest BCUT2D eigenvalue weighted by atomic mass is 9.77. The van der Waals surface area contributed by atoms with Crippen molar-refractivity contribution in [1.82, 2.24) is 0 Å². The van der Waals surface area contributed by atoms with Crippen LogP contribution in [0.4, 0.5) is 0 Å². The van der Waals surface area contributed by atoms with Crippen LogP contribution in [0.3, 0.4) is 0 Å². The second kappa shape index (κ2) is 18.1. The van der Waals surface area contributed by atoms with Gasteiger partial charge in [-0.2, -0.15) is 0 Å². The molecular formula is C42H60O4. The number of carbonyl (C=O) groups excluding carboxylic acids is 2. The highest BCUT2D eigenvalue weighted by atomic mass is 16.6. The van der Waals surface area contributed by atoms with Gasteiger partial charge in [0.2, 0.25) is 0 Å². The lowest BCUT2D eigenvalue weighted by Crippen LogP contribution is -2.33. The minimum Gasteiger partial charge on any atom is -0.458 e. The van der Waals surface area contributed by atoms with Gasteiger partial charge >= 0.3 is 11.9 Å². The minimum atomic E-state index is -0.419. The summed E-state index contributed by atoms with van der Waals surface area (Å²) < 4.78 is 11.9. The van der Waals surface area contributed by atoms with Gasteiger partial charge in [0, 0.05) is 0 Å². The van der Waals surface area contributed by atoms with Crippen LogP contribution in [0.25, 0.3) is 0 Å². The molecular weight excluding hydrogens is 568 g/mol. The highest BCUT2D eigenvalue weighted by Crippen LogP contribution is 2.39. The predicted octanol–water partition coefficient (Wildman–Crippen LogP) is 11.6. The molecule has 1 atom stereocenters. The van der Waals surface area contributed by atoms with E-state index in [-0.39, 0.29) is 24.5 Å². The number of rotatable bonds is 14. The summed E-state index contributed by atoms with van der Waals surface area (Å²) in [5, 5.41) is 0. The minimum absolute atomic E-state index is 0.109. The largest absolute Gasteiger partial charge is 0.458 e. The number of hydrogen-bond donors (Lipinski definition) is 0. The molecule has 3 aliphatic rings. The monoisotopic (exact) mass is 628 g/mol.